The van der Waals surface area contributed by atoms with Crippen molar-refractivity contribution in [2.75, 3.05) is 4.72 Å². The Bertz CT molecular complexity index is 733. The minimum atomic E-state index is -4.14. The van der Waals surface area contributed by atoms with Gasteiger partial charge in [-0.15, -0.1) is 0 Å². The molecule has 0 saturated heterocycles. The van der Waals surface area contributed by atoms with E-state index >= 15 is 0 Å². The van der Waals surface area contributed by atoms with Crippen molar-refractivity contribution in [1.29, 1.82) is 0 Å². The highest BCUT2D eigenvalue weighted by Crippen LogP contribution is 2.19. The topological polar surface area (TPSA) is 59.1 Å². The van der Waals surface area contributed by atoms with Gasteiger partial charge in [0.25, 0.3) is 10.0 Å². The summed E-state index contributed by atoms with van der Waals surface area (Å²) in [6.07, 6.45) is 2.17. The number of sulfonamides is 1. The van der Waals surface area contributed by atoms with E-state index in [1.54, 1.807) is 12.1 Å². The van der Waals surface area contributed by atoms with E-state index in [4.69, 9.17) is 0 Å². The molecule has 7 heteroatoms. The van der Waals surface area contributed by atoms with Crippen molar-refractivity contribution in [3.8, 4) is 0 Å². The second-order valence-electron chi connectivity index (χ2n) is 4.08. The second-order valence-corrected chi connectivity index (χ2v) is 5.73. The van der Waals surface area contributed by atoms with Crippen LogP contribution >= 0.6 is 0 Å². The molecule has 0 aliphatic rings. The molecular weight excluding hydrogens is 286 g/mol. The first-order valence-corrected chi connectivity index (χ1v) is 7.33. The van der Waals surface area contributed by atoms with E-state index in [9.17, 15) is 17.2 Å². The molecule has 20 heavy (non-hydrogen) atoms. The Kier molecular flexibility index (Phi) is 3.99. The summed E-state index contributed by atoms with van der Waals surface area (Å²) in [6.45, 7) is 1.91. The number of nitrogens with one attached hydrogen (secondary N) is 1. The quantitative estimate of drug-likeness (QED) is 0.944. The van der Waals surface area contributed by atoms with Gasteiger partial charge in [-0.3, -0.25) is 4.72 Å². The predicted octanol–water partition coefficient (Wildman–Crippen LogP) is 2.72. The number of hydrogen-bond acceptors (Lipinski definition) is 3. The van der Waals surface area contributed by atoms with Crippen LogP contribution in [0.5, 0.6) is 0 Å². The van der Waals surface area contributed by atoms with Crippen LogP contribution in [0.4, 0.5) is 14.6 Å². The molecule has 0 saturated carbocycles. The lowest BCUT2D eigenvalue weighted by Crippen LogP contribution is -2.15. The molecule has 0 aliphatic carbocycles. The molecule has 0 radical (unpaired) electrons. The number of rotatable bonds is 4. The van der Waals surface area contributed by atoms with Crippen LogP contribution in [0.15, 0.2) is 41.4 Å². The van der Waals surface area contributed by atoms with Gasteiger partial charge in [0.1, 0.15) is 22.3 Å². The third kappa shape index (κ3) is 3.11. The number of aromatic nitrogens is 1. The molecule has 0 aliphatic heterocycles. The summed E-state index contributed by atoms with van der Waals surface area (Å²) < 4.78 is 52.5. The normalized spacial score (nSPS) is 11.3. The monoisotopic (exact) mass is 298 g/mol. The summed E-state index contributed by atoms with van der Waals surface area (Å²) >= 11 is 0. The van der Waals surface area contributed by atoms with Gasteiger partial charge >= 0.3 is 0 Å². The van der Waals surface area contributed by atoms with E-state index in [-0.39, 0.29) is 5.82 Å². The van der Waals surface area contributed by atoms with Crippen LogP contribution in [0.2, 0.25) is 0 Å². The average Bonchev–Trinajstić information content (AvgIpc) is 2.37. The van der Waals surface area contributed by atoms with Gasteiger partial charge in [0.05, 0.1) is 0 Å². The molecule has 4 nitrogen and oxygen atoms in total. The van der Waals surface area contributed by atoms with E-state index in [1.165, 1.54) is 6.20 Å². The Morgan fingerprint density at radius 3 is 2.60 bits per heavy atom. The van der Waals surface area contributed by atoms with Gasteiger partial charge in [-0.05, 0) is 36.2 Å². The molecule has 1 aromatic carbocycles. The van der Waals surface area contributed by atoms with Crippen molar-refractivity contribution in [2.24, 2.45) is 0 Å². The summed E-state index contributed by atoms with van der Waals surface area (Å²) in [5.41, 5.74) is 0.886. The van der Waals surface area contributed by atoms with Crippen LogP contribution in [-0.4, -0.2) is 13.4 Å². The van der Waals surface area contributed by atoms with E-state index in [1.807, 2.05) is 6.92 Å². The highest BCUT2D eigenvalue weighted by Gasteiger charge is 2.20. The molecule has 0 amide bonds. The first kappa shape index (κ1) is 14.4. The fourth-order valence-corrected chi connectivity index (χ4v) is 2.70. The molecule has 0 bridgehead atoms. The predicted molar refractivity (Wildman–Crippen MR) is 70.8 cm³/mol. The minimum absolute atomic E-state index is 0.0908. The average molecular weight is 298 g/mol. The molecule has 0 spiro atoms. The fraction of sp³-hybridized carbons (Fsp3) is 0.154. The third-order valence-electron chi connectivity index (χ3n) is 2.65. The minimum Gasteiger partial charge on any atom is -0.263 e. The van der Waals surface area contributed by atoms with Crippen molar-refractivity contribution in [1.82, 2.24) is 4.98 Å². The SMILES string of the molecule is CCc1ccnc(NS(=O)(=O)c2ccc(F)cc2F)c1. The van der Waals surface area contributed by atoms with Gasteiger partial charge < -0.3 is 0 Å². The molecule has 2 rings (SSSR count). The number of benzene rings is 1. The van der Waals surface area contributed by atoms with Gasteiger partial charge in [-0.2, -0.15) is 0 Å². The molecule has 1 heterocycles. The van der Waals surface area contributed by atoms with Gasteiger partial charge in [0.2, 0.25) is 0 Å². The Morgan fingerprint density at radius 1 is 1.20 bits per heavy atom. The van der Waals surface area contributed by atoms with E-state index in [0.29, 0.717) is 12.5 Å². The van der Waals surface area contributed by atoms with Crippen molar-refractivity contribution >= 4 is 15.8 Å². The van der Waals surface area contributed by atoms with E-state index < -0.39 is 26.6 Å². The van der Waals surface area contributed by atoms with Gasteiger partial charge in [-0.1, -0.05) is 6.92 Å². The smallest absolute Gasteiger partial charge is 0.263 e. The number of hydrogen-bond donors (Lipinski definition) is 1. The fourth-order valence-electron chi connectivity index (χ4n) is 1.64. The van der Waals surface area contributed by atoms with Crippen LogP contribution in [-0.2, 0) is 16.4 Å². The highest BCUT2D eigenvalue weighted by molar-refractivity contribution is 7.92. The Balaban J connectivity index is 2.35. The maximum atomic E-state index is 13.5. The van der Waals surface area contributed by atoms with Crippen LogP contribution in [0.3, 0.4) is 0 Å². The Labute approximate surface area is 115 Å². The Morgan fingerprint density at radius 2 is 1.95 bits per heavy atom. The molecule has 0 fully saturated rings. The number of aryl methyl sites for hydroxylation is 1. The molecule has 1 N–H and O–H groups in total. The number of nitrogens with zero attached hydrogens (tertiary/aromatic N) is 1. The summed E-state index contributed by atoms with van der Waals surface area (Å²) in [7, 11) is -4.14. The molecule has 0 atom stereocenters. The van der Waals surface area contributed by atoms with Crippen molar-refractivity contribution < 1.29 is 17.2 Å². The zero-order valence-corrected chi connectivity index (χ0v) is 11.4. The molecule has 0 unspecified atom stereocenters. The van der Waals surface area contributed by atoms with Gasteiger partial charge in [0.15, 0.2) is 0 Å². The third-order valence-corrected chi connectivity index (χ3v) is 4.04. The standard InChI is InChI=1S/C13H12F2N2O2S/c1-2-9-5-6-16-13(7-9)17-20(18,19)12-4-3-10(14)8-11(12)15/h3-8H,2H2,1H3,(H,16,17). The Hall–Kier alpha value is -2.02. The first-order valence-electron chi connectivity index (χ1n) is 5.85. The van der Waals surface area contributed by atoms with E-state index in [2.05, 4.69) is 9.71 Å². The lowest BCUT2D eigenvalue weighted by Gasteiger charge is -2.09. The molecular formula is C13H12F2N2O2S. The highest BCUT2D eigenvalue weighted by atomic mass is 32.2. The number of pyridine rings is 1. The maximum Gasteiger partial charge on any atom is 0.265 e. The summed E-state index contributed by atoms with van der Waals surface area (Å²) in [4.78, 5) is 3.24. The van der Waals surface area contributed by atoms with Crippen LogP contribution < -0.4 is 4.72 Å². The van der Waals surface area contributed by atoms with Gasteiger partial charge in [-0.25, -0.2) is 22.2 Å². The zero-order valence-electron chi connectivity index (χ0n) is 10.6. The van der Waals surface area contributed by atoms with Crippen molar-refractivity contribution in [3.05, 3.63) is 53.7 Å². The van der Waals surface area contributed by atoms with Crippen LogP contribution in [0.1, 0.15) is 12.5 Å². The van der Waals surface area contributed by atoms with Crippen LogP contribution in [0.25, 0.3) is 0 Å². The molecule has 1 aromatic heterocycles. The number of halogens is 2. The van der Waals surface area contributed by atoms with Crippen LogP contribution in [0, 0.1) is 11.6 Å². The lowest BCUT2D eigenvalue weighted by atomic mass is 10.2. The molecule has 106 valence electrons. The lowest BCUT2D eigenvalue weighted by molar-refractivity contribution is 0.551. The van der Waals surface area contributed by atoms with Crippen molar-refractivity contribution in [2.45, 2.75) is 18.2 Å². The number of anilines is 1. The largest absolute Gasteiger partial charge is 0.265 e. The van der Waals surface area contributed by atoms with Crippen molar-refractivity contribution in [3.63, 3.8) is 0 Å². The first-order chi connectivity index (χ1) is 9.42. The summed E-state index contributed by atoms with van der Waals surface area (Å²) in [5.74, 6) is -1.90. The summed E-state index contributed by atoms with van der Waals surface area (Å²) in [6, 6.07) is 5.57. The second kappa shape index (κ2) is 5.54. The zero-order chi connectivity index (χ0) is 14.8. The molecule has 2 aromatic rings. The van der Waals surface area contributed by atoms with E-state index in [0.717, 1.165) is 17.7 Å². The maximum absolute atomic E-state index is 13.5. The van der Waals surface area contributed by atoms with Gasteiger partial charge in [0, 0.05) is 12.3 Å². The summed E-state index contributed by atoms with van der Waals surface area (Å²) in [5, 5.41) is 0.